The minimum absolute atomic E-state index is 0.0489. The molecule has 0 amide bonds. The molecule has 2 aliphatic rings. The van der Waals surface area contributed by atoms with Crippen molar-refractivity contribution in [3.63, 3.8) is 0 Å². The zero-order valence-corrected chi connectivity index (χ0v) is 13.2. The normalized spacial score (nSPS) is 41.2. The summed E-state index contributed by atoms with van der Waals surface area (Å²) in [5.41, 5.74) is -0.125. The molecule has 0 bridgehead atoms. The number of nitrogens with one attached hydrogen (secondary N) is 1. The Morgan fingerprint density at radius 1 is 1.53 bits per heavy atom. The van der Waals surface area contributed by atoms with Crippen molar-refractivity contribution in [2.45, 2.75) is 42.4 Å². The molecule has 1 N–H and O–H groups in total. The van der Waals surface area contributed by atoms with Crippen LogP contribution in [0.1, 0.15) is 27.2 Å². The number of alkyl halides is 1. The summed E-state index contributed by atoms with van der Waals surface area (Å²) in [6.45, 7) is 12.2. The van der Waals surface area contributed by atoms with E-state index in [2.05, 4.69) is 53.5 Å². The van der Waals surface area contributed by atoms with Crippen LogP contribution >= 0.6 is 27.7 Å². The molecule has 2 rings (SSSR count). The smallest absolute Gasteiger partial charge is 0.180 e. The number of fused-ring (bicyclic) bond motifs is 1. The van der Waals surface area contributed by atoms with Gasteiger partial charge in [0.25, 0.3) is 0 Å². The number of hydrogen-bond acceptors (Lipinski definition) is 4. The molecule has 0 saturated carbocycles. The lowest BCUT2D eigenvalue weighted by molar-refractivity contribution is -0.127. The number of ether oxygens (including phenoxy) is 1. The molecule has 0 spiro atoms. The second-order valence-electron chi connectivity index (χ2n) is 5.52. The third-order valence-electron chi connectivity index (χ3n) is 3.30. The van der Waals surface area contributed by atoms with E-state index in [9.17, 15) is 0 Å². The molecule has 0 aliphatic carbocycles. The predicted molar refractivity (Wildman–Crippen MR) is 77.2 cm³/mol. The average Bonchev–Trinajstić information content (AvgIpc) is 2.55. The highest BCUT2D eigenvalue weighted by Crippen LogP contribution is 2.48. The number of thioether (sulfide) groups is 1. The van der Waals surface area contributed by atoms with Crippen LogP contribution in [0.4, 0.5) is 0 Å². The zero-order valence-electron chi connectivity index (χ0n) is 10.8. The van der Waals surface area contributed by atoms with Crippen molar-refractivity contribution < 1.29 is 4.74 Å². The van der Waals surface area contributed by atoms with Gasteiger partial charge in [0.2, 0.25) is 0 Å². The molecule has 3 nitrogen and oxygen atoms in total. The van der Waals surface area contributed by atoms with Gasteiger partial charge >= 0.3 is 0 Å². The molecule has 0 aromatic heterocycles. The topological polar surface area (TPSA) is 24.5 Å². The number of rotatable bonds is 3. The minimum Gasteiger partial charge on any atom is -0.359 e. The van der Waals surface area contributed by atoms with Gasteiger partial charge in [0.1, 0.15) is 5.72 Å². The average molecular weight is 321 g/mol. The summed E-state index contributed by atoms with van der Waals surface area (Å²) in [4.78, 5) is 2.37. The first-order valence-electron chi connectivity index (χ1n) is 5.96. The van der Waals surface area contributed by atoms with E-state index < -0.39 is 0 Å². The maximum atomic E-state index is 5.97. The lowest BCUT2D eigenvalue weighted by Crippen LogP contribution is -2.70. The molecule has 17 heavy (non-hydrogen) atoms. The lowest BCUT2D eigenvalue weighted by Gasteiger charge is -2.55. The molecular weight excluding hydrogens is 300 g/mol. The van der Waals surface area contributed by atoms with Gasteiger partial charge in [0, 0.05) is 24.3 Å². The SMILES string of the molecule is C=CCSC1(Br)NC(C)(C)CC2(C)OCCN21. The number of nitrogens with zero attached hydrogens (tertiary/aromatic N) is 1. The molecule has 2 fully saturated rings. The highest BCUT2D eigenvalue weighted by atomic mass is 79.9. The zero-order chi connectivity index (χ0) is 12.7. The molecule has 2 saturated heterocycles. The first-order valence-corrected chi connectivity index (χ1v) is 7.74. The Bertz CT molecular complexity index is 326. The summed E-state index contributed by atoms with van der Waals surface area (Å²) >= 11 is 5.68. The van der Waals surface area contributed by atoms with Crippen molar-refractivity contribution in [1.29, 1.82) is 0 Å². The van der Waals surface area contributed by atoms with E-state index in [0.717, 1.165) is 25.3 Å². The third kappa shape index (κ3) is 2.59. The second-order valence-corrected chi connectivity index (χ2v) is 8.41. The molecule has 0 aromatic carbocycles. The highest BCUT2D eigenvalue weighted by molar-refractivity contribution is 9.11. The first-order chi connectivity index (χ1) is 7.81. The predicted octanol–water partition coefficient (Wildman–Crippen LogP) is 2.73. The van der Waals surface area contributed by atoms with Crippen LogP contribution in [-0.4, -0.2) is 39.0 Å². The Labute approximate surface area is 116 Å². The van der Waals surface area contributed by atoms with Gasteiger partial charge in [-0.1, -0.05) is 6.08 Å². The second kappa shape index (κ2) is 4.53. The van der Waals surface area contributed by atoms with Gasteiger partial charge in [0.05, 0.1) is 6.61 Å². The van der Waals surface area contributed by atoms with Gasteiger partial charge in [-0.3, -0.25) is 5.32 Å². The van der Waals surface area contributed by atoms with E-state index in [1.54, 1.807) is 0 Å². The van der Waals surface area contributed by atoms with E-state index in [1.807, 2.05) is 17.8 Å². The molecule has 2 atom stereocenters. The van der Waals surface area contributed by atoms with Crippen LogP contribution in [0, 0.1) is 0 Å². The molecule has 98 valence electrons. The quantitative estimate of drug-likeness (QED) is 0.491. The van der Waals surface area contributed by atoms with Crippen LogP contribution in [0.15, 0.2) is 12.7 Å². The van der Waals surface area contributed by atoms with Crippen LogP contribution in [0.25, 0.3) is 0 Å². The number of hydrogen-bond donors (Lipinski definition) is 1. The monoisotopic (exact) mass is 320 g/mol. The fourth-order valence-electron chi connectivity index (χ4n) is 2.90. The highest BCUT2D eigenvalue weighted by Gasteiger charge is 2.56. The van der Waals surface area contributed by atoms with Gasteiger partial charge < -0.3 is 4.74 Å². The van der Waals surface area contributed by atoms with E-state index in [0.29, 0.717) is 0 Å². The summed E-state index contributed by atoms with van der Waals surface area (Å²) in [5, 5.41) is 3.68. The van der Waals surface area contributed by atoms with Crippen molar-refractivity contribution in [3.8, 4) is 0 Å². The molecule has 2 aliphatic heterocycles. The van der Waals surface area contributed by atoms with Crippen LogP contribution in [-0.2, 0) is 4.74 Å². The number of halogens is 1. The molecule has 0 radical (unpaired) electrons. The minimum atomic E-state index is -0.256. The Morgan fingerprint density at radius 3 is 2.88 bits per heavy atom. The van der Waals surface area contributed by atoms with Crippen molar-refractivity contribution >= 4 is 27.7 Å². The van der Waals surface area contributed by atoms with E-state index in [1.165, 1.54) is 0 Å². The van der Waals surface area contributed by atoms with Gasteiger partial charge in [-0.05, 0) is 36.7 Å². The van der Waals surface area contributed by atoms with Crippen LogP contribution in [0.2, 0.25) is 0 Å². The standard InChI is InChI=1S/C12H21BrN2OS/c1-5-8-17-12(13)14-10(2,3)9-11(4)15(12)6-7-16-11/h5,14H,1,6-9H2,2-4H3. The third-order valence-corrected chi connectivity index (χ3v) is 5.72. The summed E-state index contributed by atoms with van der Waals surface area (Å²) in [7, 11) is 0. The maximum Gasteiger partial charge on any atom is 0.180 e. The summed E-state index contributed by atoms with van der Waals surface area (Å²) in [6.07, 6.45) is 2.92. The van der Waals surface area contributed by atoms with Crippen LogP contribution < -0.4 is 5.32 Å². The Kier molecular flexibility index (Phi) is 3.69. The van der Waals surface area contributed by atoms with Gasteiger partial charge in [-0.2, -0.15) is 0 Å². The molecule has 5 heteroatoms. The van der Waals surface area contributed by atoms with E-state index in [-0.39, 0.29) is 15.2 Å². The van der Waals surface area contributed by atoms with E-state index >= 15 is 0 Å². The largest absolute Gasteiger partial charge is 0.359 e. The summed E-state index contributed by atoms with van der Waals surface area (Å²) in [6, 6.07) is 0. The first kappa shape index (κ1) is 13.9. The van der Waals surface area contributed by atoms with Crippen molar-refractivity contribution in [1.82, 2.24) is 10.2 Å². The Hall–Kier alpha value is 0.450. The maximum absolute atomic E-state index is 5.97. The molecule has 0 aromatic rings. The molecular formula is C12H21BrN2OS. The van der Waals surface area contributed by atoms with Crippen molar-refractivity contribution in [2.75, 3.05) is 18.9 Å². The van der Waals surface area contributed by atoms with Gasteiger partial charge in [-0.15, -0.1) is 18.3 Å². The lowest BCUT2D eigenvalue weighted by atomic mass is 9.90. The molecule has 2 heterocycles. The van der Waals surface area contributed by atoms with Crippen LogP contribution in [0.5, 0.6) is 0 Å². The van der Waals surface area contributed by atoms with Gasteiger partial charge in [0.15, 0.2) is 3.90 Å². The van der Waals surface area contributed by atoms with Gasteiger partial charge in [-0.25, -0.2) is 4.90 Å². The molecule has 2 unspecified atom stereocenters. The Morgan fingerprint density at radius 2 is 2.24 bits per heavy atom. The Balaban J connectivity index is 2.26. The fourth-order valence-corrected chi connectivity index (χ4v) is 5.51. The van der Waals surface area contributed by atoms with Crippen molar-refractivity contribution in [3.05, 3.63) is 12.7 Å². The fraction of sp³-hybridized carbons (Fsp3) is 0.833. The summed E-state index contributed by atoms with van der Waals surface area (Å²) < 4.78 is 5.72. The summed E-state index contributed by atoms with van der Waals surface area (Å²) in [5.74, 6) is 0.904. The van der Waals surface area contributed by atoms with Crippen molar-refractivity contribution in [2.24, 2.45) is 0 Å². The van der Waals surface area contributed by atoms with E-state index in [4.69, 9.17) is 4.74 Å². The van der Waals surface area contributed by atoms with Crippen LogP contribution in [0.3, 0.4) is 0 Å².